The summed E-state index contributed by atoms with van der Waals surface area (Å²) in [5.74, 6) is -0.498. The van der Waals surface area contributed by atoms with Gasteiger partial charge in [-0.2, -0.15) is 25.3 Å². The van der Waals surface area contributed by atoms with E-state index in [-0.39, 0.29) is 22.6 Å². The van der Waals surface area contributed by atoms with Crippen molar-refractivity contribution in [2.75, 3.05) is 44.1 Å². The maximum atomic E-state index is 12.0. The van der Waals surface area contributed by atoms with Gasteiger partial charge in [0.05, 0.1) is 28.8 Å². The van der Waals surface area contributed by atoms with Gasteiger partial charge in [-0.3, -0.25) is 13.7 Å². The summed E-state index contributed by atoms with van der Waals surface area (Å²) in [6.45, 7) is 13.5. The zero-order chi connectivity index (χ0) is 37.5. The molecule has 12 nitrogen and oxygen atoms in total. The molecule has 0 saturated heterocycles. The van der Waals surface area contributed by atoms with Crippen LogP contribution >= 0.6 is 0 Å². The predicted molar refractivity (Wildman–Crippen MR) is 193 cm³/mol. The minimum Gasteiger partial charge on any atom is -0.382 e. The summed E-state index contributed by atoms with van der Waals surface area (Å²) in [7, 11) is -11.6. The Kier molecular flexibility index (Phi) is 13.6. The van der Waals surface area contributed by atoms with Crippen LogP contribution in [-0.2, 0) is 50.7 Å². The number of benzene rings is 2. The summed E-state index contributed by atoms with van der Waals surface area (Å²) in [4.78, 5) is 1.56. The molecule has 0 amide bonds. The van der Waals surface area contributed by atoms with Gasteiger partial charge in [0.1, 0.15) is 0 Å². The van der Waals surface area contributed by atoms with Gasteiger partial charge in [0.2, 0.25) is 0 Å². The molecule has 0 saturated carbocycles. The lowest BCUT2D eigenvalue weighted by Crippen LogP contribution is -2.30. The van der Waals surface area contributed by atoms with Gasteiger partial charge in [-0.25, -0.2) is 0 Å². The summed E-state index contributed by atoms with van der Waals surface area (Å²) in [6.07, 6.45) is 9.73. The number of rotatable bonds is 18. The van der Waals surface area contributed by atoms with Crippen LogP contribution in [0.15, 0.2) is 94.4 Å². The first-order valence-corrected chi connectivity index (χ1v) is 20.4. The second kappa shape index (κ2) is 16.5. The first-order valence-electron chi connectivity index (χ1n) is 15.9. The lowest BCUT2D eigenvalue weighted by Gasteiger charge is -2.33. The summed E-state index contributed by atoms with van der Waals surface area (Å²) >= 11 is 0. The maximum Gasteiger partial charge on any atom is 0.294 e. The van der Waals surface area contributed by atoms with E-state index in [1.165, 1.54) is 24.3 Å². The highest BCUT2D eigenvalue weighted by Gasteiger charge is 2.43. The molecule has 0 aliphatic carbocycles. The Bertz CT molecular complexity index is 1980. The molecule has 0 radical (unpaired) electrons. The quantitative estimate of drug-likeness (QED) is 0.0944. The highest BCUT2D eigenvalue weighted by atomic mass is 32.2. The van der Waals surface area contributed by atoms with Crippen molar-refractivity contribution in [2.24, 2.45) is 0 Å². The van der Waals surface area contributed by atoms with E-state index in [2.05, 4.69) is 11.5 Å². The number of fused-ring (bicyclic) bond motifs is 1. The molecule has 3 rings (SSSR count). The van der Waals surface area contributed by atoms with Crippen LogP contribution in [0.2, 0.25) is 0 Å². The van der Waals surface area contributed by atoms with Crippen LogP contribution in [0.4, 0.5) is 5.69 Å². The molecule has 2 aromatic carbocycles. The number of methoxy groups -OCH3 is 1. The molecule has 1 heterocycles. The summed E-state index contributed by atoms with van der Waals surface area (Å²) in [5.41, 5.74) is 2.52. The van der Waals surface area contributed by atoms with Crippen LogP contribution < -0.4 is 4.90 Å². The fraction of sp³-hybridized carbons (Fsp3) is 0.429. The smallest absolute Gasteiger partial charge is 0.294 e. The lowest BCUT2D eigenvalue weighted by molar-refractivity contribution is 0.0640. The van der Waals surface area contributed by atoms with E-state index >= 15 is 0 Å². The van der Waals surface area contributed by atoms with Gasteiger partial charge < -0.3 is 14.4 Å². The van der Waals surface area contributed by atoms with Crippen molar-refractivity contribution in [1.82, 2.24) is 0 Å². The average Bonchev–Trinajstić information content (AvgIpc) is 3.25. The molecule has 1 aliphatic heterocycles. The Morgan fingerprint density at radius 2 is 1.58 bits per heavy atom. The van der Waals surface area contributed by atoms with Crippen molar-refractivity contribution in [2.45, 2.75) is 67.6 Å². The van der Waals surface area contributed by atoms with E-state index in [9.17, 15) is 38.9 Å². The molecule has 50 heavy (non-hydrogen) atoms. The molecule has 0 bridgehead atoms. The molecular weight excluding hydrogens is 707 g/mol. The third-order valence-corrected chi connectivity index (χ3v) is 11.7. The molecule has 0 spiro atoms. The number of likely N-dealkylation sites (N-methyl/N-ethyl adjacent to an activating group) is 1. The number of hydrogen-bond acceptors (Lipinski definition) is 9. The summed E-state index contributed by atoms with van der Waals surface area (Å²) in [5, 5.41) is 0. The van der Waals surface area contributed by atoms with Gasteiger partial charge >= 0.3 is 0 Å². The second-order valence-corrected chi connectivity index (χ2v) is 17.0. The largest absolute Gasteiger partial charge is 0.382 e. The minimum absolute atomic E-state index is 0.0557. The van der Waals surface area contributed by atoms with Crippen molar-refractivity contribution in [1.29, 1.82) is 0 Å². The van der Waals surface area contributed by atoms with Crippen LogP contribution in [0.3, 0.4) is 0 Å². The molecular formula is C35H47NO11S3. The summed E-state index contributed by atoms with van der Waals surface area (Å²) < 4.78 is 111. The van der Waals surface area contributed by atoms with Gasteiger partial charge in [0, 0.05) is 42.5 Å². The Morgan fingerprint density at radius 3 is 2.18 bits per heavy atom. The van der Waals surface area contributed by atoms with Crippen molar-refractivity contribution < 1.29 is 48.4 Å². The number of allylic oxidation sites excluding steroid dienone is 7. The Labute approximate surface area is 296 Å². The van der Waals surface area contributed by atoms with E-state index in [4.69, 9.17) is 9.47 Å². The number of hydrogen-bond donors (Lipinski definition) is 3. The molecule has 2 unspecified atom stereocenters. The zero-order valence-corrected chi connectivity index (χ0v) is 31.4. The monoisotopic (exact) mass is 753 g/mol. The van der Waals surface area contributed by atoms with Gasteiger partial charge in [-0.05, 0) is 98.7 Å². The third kappa shape index (κ3) is 10.0. The van der Waals surface area contributed by atoms with Gasteiger partial charge in [-0.1, -0.05) is 43.9 Å². The third-order valence-electron chi connectivity index (χ3n) is 9.16. The maximum absolute atomic E-state index is 12.0. The average molecular weight is 754 g/mol. The van der Waals surface area contributed by atoms with Crippen molar-refractivity contribution in [3.63, 3.8) is 0 Å². The van der Waals surface area contributed by atoms with Gasteiger partial charge in [-0.15, -0.1) is 0 Å². The van der Waals surface area contributed by atoms with Crippen molar-refractivity contribution in [3.8, 4) is 0 Å². The van der Waals surface area contributed by atoms with E-state index in [1.54, 1.807) is 51.3 Å². The van der Waals surface area contributed by atoms with Crippen LogP contribution in [0.25, 0.3) is 0 Å². The highest BCUT2D eigenvalue weighted by molar-refractivity contribution is 7.86. The van der Waals surface area contributed by atoms with Gasteiger partial charge in [0.25, 0.3) is 30.4 Å². The summed E-state index contributed by atoms with van der Waals surface area (Å²) in [6, 6.07) is 8.74. The lowest BCUT2D eigenvalue weighted by atomic mass is 9.71. The molecule has 2 aromatic rings. The van der Waals surface area contributed by atoms with E-state index in [0.29, 0.717) is 49.5 Å². The van der Waals surface area contributed by atoms with E-state index in [0.717, 1.165) is 16.9 Å². The van der Waals surface area contributed by atoms with Crippen LogP contribution in [0.5, 0.6) is 0 Å². The molecule has 3 N–H and O–H groups in total. The number of aryl methyl sites for hydroxylation is 1. The van der Waals surface area contributed by atoms with Crippen LogP contribution in [0.1, 0.15) is 56.7 Å². The van der Waals surface area contributed by atoms with Crippen LogP contribution in [0, 0.1) is 6.92 Å². The predicted octanol–water partition coefficient (Wildman–Crippen LogP) is 5.82. The Balaban J connectivity index is 2.00. The van der Waals surface area contributed by atoms with E-state index < -0.39 is 46.9 Å². The molecule has 1 aliphatic rings. The highest BCUT2D eigenvalue weighted by Crippen LogP contribution is 2.50. The normalized spacial score (nSPS) is 19.0. The molecule has 15 heteroatoms. The van der Waals surface area contributed by atoms with Crippen LogP contribution in [-0.4, -0.2) is 78.1 Å². The van der Waals surface area contributed by atoms with Gasteiger partial charge in [0.15, 0.2) is 0 Å². The first-order chi connectivity index (χ1) is 23.2. The minimum atomic E-state index is -4.52. The molecule has 2 atom stereocenters. The number of anilines is 1. The Morgan fingerprint density at radius 1 is 0.940 bits per heavy atom. The fourth-order valence-corrected chi connectivity index (χ4v) is 7.84. The van der Waals surface area contributed by atoms with Crippen molar-refractivity contribution >= 4 is 36.0 Å². The second-order valence-electron chi connectivity index (χ2n) is 12.6. The van der Waals surface area contributed by atoms with Crippen molar-refractivity contribution in [3.05, 3.63) is 101 Å². The molecule has 276 valence electrons. The molecule has 0 fully saturated rings. The SMILES string of the molecule is C=C(/C=C/C=C/C=C1/N(CC)c2ccc(S(=O)(=O)O)cc2C1(C)CCOCCOC)C(C)(CCCS(=O)(=O)O)c1cc(S(=O)(=O)O)ccc1C. The Hall–Kier alpha value is -3.15. The van der Waals surface area contributed by atoms with E-state index in [1.807, 2.05) is 26.0 Å². The standard InChI is InChI=1S/C35H47NO11S3/c1-7-36-32-17-16-29(50(43,44)45)25-31(32)35(5,19-20-47-22-21-46-6)33(36)13-10-8-9-12-27(3)34(4,18-11-23-48(37,38)39)30-24-28(49(40,41)42)15-14-26(30)2/h8-10,12-17,24-25H,3,7,11,18-23H2,1-2,4-6H3,(H,37,38,39)(H,40,41,42)(H,43,44,45)/b10-8+,12-9+,33-13+. The zero-order valence-electron chi connectivity index (χ0n) is 29.0. The molecule has 0 aromatic heterocycles. The number of nitrogens with zero attached hydrogens (tertiary/aromatic N) is 1. The first kappa shape index (κ1) is 41.3. The fourth-order valence-electron chi connectivity index (χ4n) is 6.32. The number of ether oxygens (including phenoxy) is 2. The topological polar surface area (TPSA) is 185 Å².